The third-order valence-corrected chi connectivity index (χ3v) is 4.16. The van der Waals surface area contributed by atoms with Gasteiger partial charge in [-0.3, -0.25) is 14.5 Å². The second kappa shape index (κ2) is 7.36. The van der Waals surface area contributed by atoms with Gasteiger partial charge >= 0.3 is 5.97 Å². The number of fused-ring (bicyclic) bond motifs is 1. The Morgan fingerprint density at radius 3 is 2.33 bits per heavy atom. The number of carbonyl (C=O) groups excluding carboxylic acids is 3. The molecule has 8 heteroatoms. The van der Waals surface area contributed by atoms with E-state index in [2.05, 4.69) is 10.1 Å². The van der Waals surface area contributed by atoms with E-state index in [1.54, 1.807) is 24.3 Å². The van der Waals surface area contributed by atoms with Gasteiger partial charge in [0, 0.05) is 5.56 Å². The molecule has 1 heterocycles. The van der Waals surface area contributed by atoms with Crippen LogP contribution in [0.2, 0.25) is 0 Å². The first-order valence-electron chi connectivity index (χ1n) is 8.04. The highest BCUT2D eigenvalue weighted by Crippen LogP contribution is 2.33. The van der Waals surface area contributed by atoms with Gasteiger partial charge in [0.25, 0.3) is 5.91 Å². The lowest BCUT2D eigenvalue weighted by Gasteiger charge is -2.29. The van der Waals surface area contributed by atoms with E-state index in [1.165, 1.54) is 38.4 Å². The summed E-state index contributed by atoms with van der Waals surface area (Å²) in [6.45, 7) is -0.141. The average molecular weight is 370 g/mol. The summed E-state index contributed by atoms with van der Waals surface area (Å²) in [5.74, 6) is -0.369. The standard InChI is InChI=1S/C19H18N2O6/c1-25-15-7-5-11(9-16(15)26-2)18(23)21-10-17(22)20-13-8-12(19(24)27-3)4-6-14(13)21/h4-9H,10H2,1-3H3,(H,20,22). The number of hydrogen-bond donors (Lipinski definition) is 1. The molecule has 2 amide bonds. The Bertz CT molecular complexity index is 924. The van der Waals surface area contributed by atoms with Gasteiger partial charge in [0.05, 0.1) is 38.3 Å². The zero-order valence-corrected chi connectivity index (χ0v) is 15.1. The molecule has 0 spiro atoms. The number of nitrogens with zero attached hydrogens (tertiary/aromatic N) is 1. The Morgan fingerprint density at radius 2 is 1.67 bits per heavy atom. The molecule has 0 bridgehead atoms. The molecule has 0 atom stereocenters. The molecular weight excluding hydrogens is 352 g/mol. The third kappa shape index (κ3) is 3.41. The number of amides is 2. The van der Waals surface area contributed by atoms with Gasteiger partial charge in [0.15, 0.2) is 11.5 Å². The summed E-state index contributed by atoms with van der Waals surface area (Å²) in [6.07, 6.45) is 0. The normalized spacial score (nSPS) is 12.7. The van der Waals surface area contributed by atoms with Crippen molar-refractivity contribution >= 4 is 29.2 Å². The van der Waals surface area contributed by atoms with Crippen LogP contribution in [0.25, 0.3) is 0 Å². The van der Waals surface area contributed by atoms with Crippen LogP contribution in [-0.2, 0) is 9.53 Å². The highest BCUT2D eigenvalue weighted by molar-refractivity contribution is 6.15. The van der Waals surface area contributed by atoms with Gasteiger partial charge < -0.3 is 19.5 Å². The van der Waals surface area contributed by atoms with Crippen molar-refractivity contribution in [2.45, 2.75) is 0 Å². The molecular formula is C19H18N2O6. The van der Waals surface area contributed by atoms with Gasteiger partial charge in [-0.2, -0.15) is 0 Å². The zero-order chi connectivity index (χ0) is 19.6. The number of hydrogen-bond acceptors (Lipinski definition) is 6. The molecule has 0 aromatic heterocycles. The summed E-state index contributed by atoms with van der Waals surface area (Å²) in [6, 6.07) is 9.38. The Morgan fingerprint density at radius 1 is 0.963 bits per heavy atom. The van der Waals surface area contributed by atoms with Gasteiger partial charge in [-0.15, -0.1) is 0 Å². The van der Waals surface area contributed by atoms with Crippen molar-refractivity contribution in [2.75, 3.05) is 38.1 Å². The van der Waals surface area contributed by atoms with Crippen LogP contribution < -0.4 is 19.7 Å². The van der Waals surface area contributed by atoms with Crippen LogP contribution in [0.4, 0.5) is 11.4 Å². The molecule has 2 aromatic carbocycles. The van der Waals surface area contributed by atoms with Crippen molar-refractivity contribution in [3.63, 3.8) is 0 Å². The maximum Gasteiger partial charge on any atom is 0.337 e. The first-order chi connectivity index (χ1) is 13.0. The zero-order valence-electron chi connectivity index (χ0n) is 15.1. The van der Waals surface area contributed by atoms with Crippen molar-refractivity contribution in [3.8, 4) is 11.5 Å². The predicted octanol–water partition coefficient (Wildman–Crippen LogP) is 2.09. The van der Waals surface area contributed by atoms with E-state index in [0.717, 1.165) is 0 Å². The van der Waals surface area contributed by atoms with E-state index in [1.807, 2.05) is 0 Å². The quantitative estimate of drug-likeness (QED) is 0.829. The van der Waals surface area contributed by atoms with Crippen molar-refractivity contribution in [3.05, 3.63) is 47.5 Å². The number of nitrogens with one attached hydrogen (secondary N) is 1. The molecule has 140 valence electrons. The number of benzene rings is 2. The van der Waals surface area contributed by atoms with E-state index in [0.29, 0.717) is 28.4 Å². The molecule has 1 aliphatic rings. The van der Waals surface area contributed by atoms with Gasteiger partial charge in [-0.1, -0.05) is 0 Å². The van der Waals surface area contributed by atoms with Crippen molar-refractivity contribution < 1.29 is 28.6 Å². The highest BCUT2D eigenvalue weighted by Gasteiger charge is 2.29. The van der Waals surface area contributed by atoms with Crippen LogP contribution in [0.15, 0.2) is 36.4 Å². The van der Waals surface area contributed by atoms with Crippen LogP contribution in [0, 0.1) is 0 Å². The SMILES string of the molecule is COC(=O)c1ccc2c(c1)NC(=O)CN2C(=O)c1ccc(OC)c(OC)c1. The van der Waals surface area contributed by atoms with E-state index >= 15 is 0 Å². The van der Waals surface area contributed by atoms with E-state index < -0.39 is 5.97 Å². The molecule has 3 rings (SSSR count). The minimum absolute atomic E-state index is 0.141. The molecule has 0 saturated heterocycles. The Labute approximate surface area is 155 Å². The second-order valence-electron chi connectivity index (χ2n) is 5.73. The molecule has 0 fully saturated rings. The first kappa shape index (κ1) is 18.2. The summed E-state index contributed by atoms with van der Waals surface area (Å²) >= 11 is 0. The minimum Gasteiger partial charge on any atom is -0.493 e. The Balaban J connectivity index is 1.99. The largest absolute Gasteiger partial charge is 0.493 e. The molecule has 0 aliphatic carbocycles. The molecule has 0 radical (unpaired) electrons. The van der Waals surface area contributed by atoms with Gasteiger partial charge in [-0.05, 0) is 36.4 Å². The Kier molecular flexibility index (Phi) is 4.98. The molecule has 2 aromatic rings. The average Bonchev–Trinajstić information content (AvgIpc) is 2.70. The van der Waals surface area contributed by atoms with Gasteiger partial charge in [0.1, 0.15) is 6.54 Å². The monoisotopic (exact) mass is 370 g/mol. The lowest BCUT2D eigenvalue weighted by molar-refractivity contribution is -0.115. The van der Waals surface area contributed by atoms with Gasteiger partial charge in [0.2, 0.25) is 5.91 Å². The van der Waals surface area contributed by atoms with Crippen molar-refractivity contribution in [2.24, 2.45) is 0 Å². The molecule has 0 unspecified atom stereocenters. The van der Waals surface area contributed by atoms with E-state index in [9.17, 15) is 14.4 Å². The van der Waals surface area contributed by atoms with Crippen LogP contribution in [0.5, 0.6) is 11.5 Å². The topological polar surface area (TPSA) is 94.2 Å². The summed E-state index contributed by atoms with van der Waals surface area (Å²) in [5.41, 5.74) is 1.47. The number of ether oxygens (including phenoxy) is 3. The number of rotatable bonds is 4. The second-order valence-corrected chi connectivity index (χ2v) is 5.73. The fourth-order valence-corrected chi connectivity index (χ4v) is 2.84. The molecule has 0 saturated carbocycles. The van der Waals surface area contributed by atoms with Crippen LogP contribution >= 0.6 is 0 Å². The molecule has 27 heavy (non-hydrogen) atoms. The van der Waals surface area contributed by atoms with Crippen LogP contribution in [0.3, 0.4) is 0 Å². The maximum absolute atomic E-state index is 13.0. The van der Waals surface area contributed by atoms with E-state index in [4.69, 9.17) is 9.47 Å². The highest BCUT2D eigenvalue weighted by atomic mass is 16.5. The lowest BCUT2D eigenvalue weighted by Crippen LogP contribution is -2.42. The third-order valence-electron chi connectivity index (χ3n) is 4.16. The fourth-order valence-electron chi connectivity index (χ4n) is 2.84. The van der Waals surface area contributed by atoms with E-state index in [-0.39, 0.29) is 23.9 Å². The Hall–Kier alpha value is -3.55. The van der Waals surface area contributed by atoms with Gasteiger partial charge in [-0.25, -0.2) is 4.79 Å². The predicted molar refractivity (Wildman–Crippen MR) is 97.6 cm³/mol. The molecule has 1 aliphatic heterocycles. The smallest absolute Gasteiger partial charge is 0.337 e. The summed E-state index contributed by atoms with van der Waals surface area (Å²) in [7, 11) is 4.25. The lowest BCUT2D eigenvalue weighted by atomic mass is 10.1. The fraction of sp³-hybridized carbons (Fsp3) is 0.211. The minimum atomic E-state index is -0.532. The van der Waals surface area contributed by atoms with Crippen LogP contribution in [0.1, 0.15) is 20.7 Å². The number of anilines is 2. The maximum atomic E-state index is 13.0. The summed E-state index contributed by atoms with van der Waals surface area (Å²) in [5, 5.41) is 2.67. The summed E-state index contributed by atoms with van der Waals surface area (Å²) in [4.78, 5) is 38.1. The molecule has 1 N–H and O–H groups in total. The number of esters is 1. The van der Waals surface area contributed by atoms with Crippen molar-refractivity contribution in [1.82, 2.24) is 0 Å². The number of carbonyl (C=O) groups is 3. The first-order valence-corrected chi connectivity index (χ1v) is 8.04. The summed E-state index contributed by atoms with van der Waals surface area (Å²) < 4.78 is 15.1. The molecule has 8 nitrogen and oxygen atoms in total. The number of methoxy groups -OCH3 is 3. The van der Waals surface area contributed by atoms with Crippen LogP contribution in [-0.4, -0.2) is 45.7 Å². The van der Waals surface area contributed by atoms with Crippen molar-refractivity contribution in [1.29, 1.82) is 0 Å².